The summed E-state index contributed by atoms with van der Waals surface area (Å²) in [5, 5.41) is 0. The van der Waals surface area contributed by atoms with Crippen LogP contribution in [0.3, 0.4) is 0 Å². The van der Waals surface area contributed by atoms with Crippen LogP contribution in [0.5, 0.6) is 0 Å². The van der Waals surface area contributed by atoms with Crippen molar-refractivity contribution in [1.82, 2.24) is 0 Å². The van der Waals surface area contributed by atoms with E-state index in [1.807, 2.05) is 11.8 Å². The van der Waals surface area contributed by atoms with Gasteiger partial charge in [0.1, 0.15) is 0 Å². The lowest BCUT2D eigenvalue weighted by atomic mass is 9.64. The number of anilines is 3. The summed E-state index contributed by atoms with van der Waals surface area (Å²) in [6.45, 7) is 0. The molecule has 274 valence electrons. The van der Waals surface area contributed by atoms with Crippen LogP contribution in [0.25, 0.3) is 11.1 Å². The number of para-hydroxylation sites is 2. The minimum absolute atomic E-state index is 0.549. The maximum Gasteiger partial charge on any atom is 0.0733 e. The Balaban J connectivity index is 1.21. The molecule has 2 aliphatic rings. The minimum atomic E-state index is -0.570. The van der Waals surface area contributed by atoms with Gasteiger partial charge in [-0.2, -0.15) is 0 Å². The van der Waals surface area contributed by atoms with E-state index in [1.165, 1.54) is 65.4 Å². The van der Waals surface area contributed by atoms with E-state index < -0.39 is 10.8 Å². The molecule has 0 bridgehead atoms. The van der Waals surface area contributed by atoms with Crippen molar-refractivity contribution in [3.05, 3.63) is 281 Å². The summed E-state index contributed by atoms with van der Waals surface area (Å²) in [7, 11) is 0. The third-order valence-electron chi connectivity index (χ3n) is 12.3. The van der Waals surface area contributed by atoms with Gasteiger partial charge in [-0.15, -0.1) is 0 Å². The molecule has 1 aliphatic heterocycles. The molecule has 0 atom stereocenters. The van der Waals surface area contributed by atoms with Crippen LogP contribution in [-0.2, 0) is 10.8 Å². The first-order chi connectivity index (χ1) is 28.8. The second-order valence-corrected chi connectivity index (χ2v) is 16.2. The summed E-state index contributed by atoms with van der Waals surface area (Å²) < 4.78 is 0. The monoisotopic (exact) mass is 757 g/mol. The van der Waals surface area contributed by atoms with Crippen molar-refractivity contribution in [3.8, 4) is 11.1 Å². The van der Waals surface area contributed by atoms with E-state index in [4.69, 9.17) is 0 Å². The van der Waals surface area contributed by atoms with E-state index in [0.29, 0.717) is 0 Å². The molecule has 1 heterocycles. The first-order valence-corrected chi connectivity index (χ1v) is 20.8. The summed E-state index contributed by atoms with van der Waals surface area (Å²) in [4.78, 5) is 5.05. The highest BCUT2D eigenvalue weighted by molar-refractivity contribution is 7.99. The van der Waals surface area contributed by atoms with Gasteiger partial charge >= 0.3 is 0 Å². The Kier molecular flexibility index (Phi) is 8.27. The summed E-state index contributed by atoms with van der Waals surface area (Å²) in [5.41, 5.74) is 14.9. The van der Waals surface area contributed by atoms with Gasteiger partial charge in [0.2, 0.25) is 0 Å². The fourth-order valence-corrected chi connectivity index (χ4v) is 11.2. The number of fused-ring (bicyclic) bond motifs is 5. The van der Waals surface area contributed by atoms with Gasteiger partial charge in [0, 0.05) is 21.2 Å². The molecular formula is C56H39NS. The Hall–Kier alpha value is -6.87. The lowest BCUT2D eigenvalue weighted by Crippen LogP contribution is -2.34. The average Bonchev–Trinajstić information content (AvgIpc) is 3.60. The van der Waals surface area contributed by atoms with E-state index >= 15 is 0 Å². The third-order valence-corrected chi connectivity index (χ3v) is 13.4. The van der Waals surface area contributed by atoms with Gasteiger partial charge in [-0.1, -0.05) is 206 Å². The van der Waals surface area contributed by atoms with Crippen molar-refractivity contribution in [3.63, 3.8) is 0 Å². The molecule has 2 heteroatoms. The number of hydrogen-bond acceptors (Lipinski definition) is 2. The van der Waals surface area contributed by atoms with Gasteiger partial charge in [-0.05, 0) is 98.1 Å². The molecule has 0 spiro atoms. The van der Waals surface area contributed by atoms with E-state index in [9.17, 15) is 0 Å². The Morgan fingerprint density at radius 3 is 1.29 bits per heavy atom. The molecular weight excluding hydrogens is 719 g/mol. The fourth-order valence-electron chi connectivity index (χ4n) is 10.0. The van der Waals surface area contributed by atoms with E-state index in [-0.39, 0.29) is 0 Å². The molecule has 0 amide bonds. The Morgan fingerprint density at radius 1 is 0.293 bits per heavy atom. The van der Waals surface area contributed by atoms with Crippen LogP contribution < -0.4 is 4.90 Å². The predicted molar refractivity (Wildman–Crippen MR) is 241 cm³/mol. The lowest BCUT2D eigenvalue weighted by molar-refractivity contribution is 0.702. The van der Waals surface area contributed by atoms with Crippen molar-refractivity contribution in [2.45, 2.75) is 20.6 Å². The summed E-state index contributed by atoms with van der Waals surface area (Å²) in [6, 6.07) is 87.5. The molecule has 11 rings (SSSR count). The van der Waals surface area contributed by atoms with Gasteiger partial charge in [-0.25, -0.2) is 0 Å². The highest BCUT2D eigenvalue weighted by Crippen LogP contribution is 2.60. The van der Waals surface area contributed by atoms with Crippen LogP contribution in [0.4, 0.5) is 17.1 Å². The third kappa shape index (κ3) is 5.05. The minimum Gasteiger partial charge on any atom is -0.310 e. The van der Waals surface area contributed by atoms with Crippen LogP contribution in [0.1, 0.15) is 44.5 Å². The molecule has 0 fully saturated rings. The van der Waals surface area contributed by atoms with Gasteiger partial charge < -0.3 is 4.90 Å². The molecule has 0 saturated carbocycles. The predicted octanol–water partition coefficient (Wildman–Crippen LogP) is 14.4. The van der Waals surface area contributed by atoms with Crippen LogP contribution in [0, 0.1) is 0 Å². The molecule has 9 aromatic carbocycles. The van der Waals surface area contributed by atoms with Crippen molar-refractivity contribution in [2.75, 3.05) is 4.90 Å². The van der Waals surface area contributed by atoms with Gasteiger partial charge in [0.15, 0.2) is 0 Å². The molecule has 1 aliphatic carbocycles. The summed E-state index contributed by atoms with van der Waals surface area (Å²) in [6.07, 6.45) is 0. The molecule has 9 aromatic rings. The SMILES string of the molecule is c1ccc(N(c2cccc(C3(c4ccccc4)c4ccccc4Sc4ccccc43)c2)c2ccccc2C2(c3ccccc3)c3ccccc3-c3ccccc32)cc1. The first-order valence-electron chi connectivity index (χ1n) is 20.0. The Labute approximate surface area is 344 Å². The van der Waals surface area contributed by atoms with Crippen LogP contribution in [-0.4, -0.2) is 0 Å². The van der Waals surface area contributed by atoms with Gasteiger partial charge in [0.05, 0.1) is 16.5 Å². The number of rotatable bonds is 7. The van der Waals surface area contributed by atoms with Crippen LogP contribution in [0.15, 0.2) is 246 Å². The van der Waals surface area contributed by atoms with E-state index in [1.54, 1.807) is 0 Å². The molecule has 1 nitrogen and oxygen atoms in total. The zero-order valence-electron chi connectivity index (χ0n) is 31.9. The summed E-state index contributed by atoms with van der Waals surface area (Å²) >= 11 is 1.87. The zero-order chi connectivity index (χ0) is 38.5. The van der Waals surface area contributed by atoms with Crippen molar-refractivity contribution >= 4 is 28.8 Å². The van der Waals surface area contributed by atoms with Gasteiger partial charge in [0.25, 0.3) is 0 Å². The van der Waals surface area contributed by atoms with Crippen LogP contribution >= 0.6 is 11.8 Å². The van der Waals surface area contributed by atoms with Gasteiger partial charge in [-0.3, -0.25) is 0 Å². The second-order valence-electron chi connectivity index (χ2n) is 15.2. The normalized spacial score (nSPS) is 14.1. The molecule has 0 aromatic heterocycles. The van der Waals surface area contributed by atoms with E-state index in [2.05, 4.69) is 241 Å². The Bertz CT molecular complexity index is 2840. The average molecular weight is 758 g/mol. The highest BCUT2D eigenvalue weighted by atomic mass is 32.2. The maximum absolute atomic E-state index is 2.49. The van der Waals surface area contributed by atoms with E-state index in [0.717, 1.165) is 17.1 Å². The molecule has 0 N–H and O–H groups in total. The second kappa shape index (κ2) is 14.0. The smallest absolute Gasteiger partial charge is 0.0733 e. The zero-order valence-corrected chi connectivity index (χ0v) is 32.7. The topological polar surface area (TPSA) is 3.24 Å². The maximum atomic E-state index is 2.49. The fraction of sp³-hybridized carbons (Fsp3) is 0.0357. The molecule has 0 saturated heterocycles. The Morgan fingerprint density at radius 2 is 0.707 bits per heavy atom. The molecule has 58 heavy (non-hydrogen) atoms. The largest absolute Gasteiger partial charge is 0.310 e. The quantitative estimate of drug-likeness (QED) is 0.159. The molecule has 0 unspecified atom stereocenters. The van der Waals surface area contributed by atoms with Crippen molar-refractivity contribution < 1.29 is 0 Å². The summed E-state index contributed by atoms with van der Waals surface area (Å²) in [5.74, 6) is 0. The number of nitrogens with zero attached hydrogens (tertiary/aromatic N) is 1. The van der Waals surface area contributed by atoms with Crippen molar-refractivity contribution in [1.29, 1.82) is 0 Å². The lowest BCUT2D eigenvalue weighted by Gasteiger charge is -2.42. The number of benzene rings is 9. The van der Waals surface area contributed by atoms with Crippen LogP contribution in [0.2, 0.25) is 0 Å². The van der Waals surface area contributed by atoms with Crippen molar-refractivity contribution in [2.24, 2.45) is 0 Å². The first kappa shape index (κ1) is 34.4. The molecule has 0 radical (unpaired) electrons. The highest BCUT2D eigenvalue weighted by Gasteiger charge is 2.48. The number of hydrogen-bond donors (Lipinski definition) is 0. The standard InChI is InChI=1S/C56H39NS/c1-4-21-40(22-5-1)55(50-34-15-18-37-53(50)58-54-38-19-16-35-51(54)55)42-25-20-28-44(39-42)57(43-26-8-3-9-27-43)52-36-17-14-33-49(52)56(41-23-6-2-7-24-41)47-31-12-10-29-45(47)46-30-11-13-32-48(46)56/h1-39H.